The molecule has 0 saturated carbocycles. The fourth-order valence-electron chi connectivity index (χ4n) is 2.62. The predicted molar refractivity (Wildman–Crippen MR) is 111 cm³/mol. The molecule has 0 atom stereocenters. The van der Waals surface area contributed by atoms with E-state index in [1.54, 1.807) is 35.6 Å². The number of thiocarbonyl (C=S) groups is 1. The highest BCUT2D eigenvalue weighted by molar-refractivity contribution is 7.80. The van der Waals surface area contributed by atoms with Gasteiger partial charge in [0.05, 0.1) is 16.8 Å². The van der Waals surface area contributed by atoms with E-state index in [0.29, 0.717) is 28.6 Å². The Labute approximate surface area is 164 Å². The van der Waals surface area contributed by atoms with Crippen LogP contribution in [0.4, 0.5) is 0 Å². The average Bonchev–Trinajstić information content (AvgIpc) is 3.32. The van der Waals surface area contributed by atoms with Crippen LogP contribution in [0.25, 0.3) is 21.0 Å². The number of furan rings is 1. The van der Waals surface area contributed by atoms with E-state index < -0.39 is 0 Å². The van der Waals surface area contributed by atoms with Crippen molar-refractivity contribution in [1.82, 2.24) is 10.3 Å². The van der Waals surface area contributed by atoms with Gasteiger partial charge in [0.1, 0.15) is 10.7 Å². The minimum absolute atomic E-state index is 0.192. The highest BCUT2D eigenvalue weighted by Crippen LogP contribution is 2.31. The number of rotatable bonds is 5. The first-order chi connectivity index (χ1) is 13.1. The van der Waals surface area contributed by atoms with Crippen LogP contribution in [0.3, 0.4) is 0 Å². The van der Waals surface area contributed by atoms with Crippen molar-refractivity contribution < 1.29 is 9.21 Å². The molecule has 2 aromatic heterocycles. The topological polar surface area (TPSA) is 81.2 Å². The third-order valence-corrected chi connectivity index (χ3v) is 5.31. The Kier molecular flexibility index (Phi) is 4.70. The number of nitrogens with two attached hydrogens (primary N) is 1. The number of aromatic nitrogens is 1. The van der Waals surface area contributed by atoms with Crippen molar-refractivity contribution in [3.8, 4) is 10.8 Å². The summed E-state index contributed by atoms with van der Waals surface area (Å²) >= 11 is 6.49. The third kappa shape index (κ3) is 3.74. The summed E-state index contributed by atoms with van der Waals surface area (Å²) in [5.74, 6) is 1.17. The summed E-state index contributed by atoms with van der Waals surface area (Å²) in [5, 5.41) is 3.66. The lowest BCUT2D eigenvalue weighted by Gasteiger charge is -2.04. The fraction of sp³-hybridized carbons (Fsp3) is 0.0500. The number of fused-ring (bicyclic) bond motifs is 1. The number of thiazole rings is 1. The maximum atomic E-state index is 12.3. The van der Waals surface area contributed by atoms with Gasteiger partial charge in [0.25, 0.3) is 5.91 Å². The second kappa shape index (κ2) is 7.30. The number of nitrogens with one attached hydrogen (secondary N) is 1. The lowest BCUT2D eigenvalue weighted by atomic mass is 10.1. The smallest absolute Gasteiger partial charge is 0.251 e. The molecule has 0 aliphatic rings. The number of amides is 1. The predicted octanol–water partition coefficient (Wildman–Crippen LogP) is 4.12. The molecule has 0 radical (unpaired) electrons. The van der Waals surface area contributed by atoms with E-state index in [4.69, 9.17) is 22.4 Å². The highest BCUT2D eigenvalue weighted by atomic mass is 32.1. The van der Waals surface area contributed by atoms with Crippen molar-refractivity contribution >= 4 is 44.7 Å². The molecule has 5 nitrogen and oxygen atoms in total. The normalized spacial score (nSPS) is 10.8. The van der Waals surface area contributed by atoms with Gasteiger partial charge in [-0.15, -0.1) is 11.3 Å². The number of hydrogen-bond donors (Lipinski definition) is 2. The van der Waals surface area contributed by atoms with E-state index in [1.807, 2.05) is 36.4 Å². The van der Waals surface area contributed by atoms with Gasteiger partial charge in [-0.1, -0.05) is 36.5 Å². The number of nitrogens with zero attached hydrogens (tertiary/aromatic N) is 1. The van der Waals surface area contributed by atoms with Crippen LogP contribution in [-0.2, 0) is 6.54 Å². The Morgan fingerprint density at radius 3 is 2.56 bits per heavy atom. The summed E-state index contributed by atoms with van der Waals surface area (Å²) in [4.78, 5) is 17.1. The summed E-state index contributed by atoms with van der Waals surface area (Å²) in [5.41, 5.74) is 7.78. The molecule has 0 aliphatic carbocycles. The van der Waals surface area contributed by atoms with E-state index in [-0.39, 0.29) is 5.91 Å². The lowest BCUT2D eigenvalue weighted by molar-refractivity contribution is 0.0948. The maximum Gasteiger partial charge on any atom is 0.251 e. The van der Waals surface area contributed by atoms with Gasteiger partial charge in [0.15, 0.2) is 10.8 Å². The SMILES string of the molecule is NC(=S)c1ccc(C(=O)NCc2ccc(-c3nc4ccccc4s3)o2)cc1. The van der Waals surface area contributed by atoms with E-state index in [1.165, 1.54) is 0 Å². The molecule has 0 fully saturated rings. The maximum absolute atomic E-state index is 12.3. The molecule has 134 valence electrons. The van der Waals surface area contributed by atoms with Crippen LogP contribution in [0.5, 0.6) is 0 Å². The first-order valence-electron chi connectivity index (χ1n) is 8.23. The van der Waals surface area contributed by atoms with Crippen molar-refractivity contribution in [1.29, 1.82) is 0 Å². The molecular weight excluding hydrogens is 378 g/mol. The van der Waals surface area contributed by atoms with Gasteiger partial charge in [-0.3, -0.25) is 4.79 Å². The zero-order valence-corrected chi connectivity index (χ0v) is 15.8. The first-order valence-corrected chi connectivity index (χ1v) is 9.45. The van der Waals surface area contributed by atoms with Crippen molar-refractivity contribution in [2.24, 2.45) is 5.73 Å². The molecule has 0 saturated heterocycles. The summed E-state index contributed by atoms with van der Waals surface area (Å²) in [6.07, 6.45) is 0. The third-order valence-electron chi connectivity index (χ3n) is 4.02. The van der Waals surface area contributed by atoms with Gasteiger partial charge < -0.3 is 15.5 Å². The first kappa shape index (κ1) is 17.4. The number of para-hydroxylation sites is 1. The minimum atomic E-state index is -0.192. The second-order valence-corrected chi connectivity index (χ2v) is 7.35. The Balaban J connectivity index is 1.43. The lowest BCUT2D eigenvalue weighted by Crippen LogP contribution is -2.22. The molecule has 0 bridgehead atoms. The van der Waals surface area contributed by atoms with E-state index >= 15 is 0 Å². The summed E-state index contributed by atoms with van der Waals surface area (Å²) in [7, 11) is 0. The molecule has 0 unspecified atom stereocenters. The Morgan fingerprint density at radius 1 is 1.07 bits per heavy atom. The number of hydrogen-bond acceptors (Lipinski definition) is 5. The number of carbonyl (C=O) groups excluding carboxylic acids is 1. The van der Waals surface area contributed by atoms with Crippen molar-refractivity contribution in [3.05, 3.63) is 77.6 Å². The molecule has 0 spiro atoms. The second-order valence-electron chi connectivity index (χ2n) is 5.88. The van der Waals surface area contributed by atoms with Gasteiger partial charge in [-0.2, -0.15) is 0 Å². The molecule has 27 heavy (non-hydrogen) atoms. The summed E-state index contributed by atoms with van der Waals surface area (Å²) in [6.45, 7) is 0.292. The van der Waals surface area contributed by atoms with Crippen LogP contribution in [0, 0.1) is 0 Å². The van der Waals surface area contributed by atoms with Gasteiger partial charge in [0, 0.05) is 11.1 Å². The van der Waals surface area contributed by atoms with Gasteiger partial charge in [-0.25, -0.2) is 4.98 Å². The number of benzene rings is 2. The summed E-state index contributed by atoms with van der Waals surface area (Å²) < 4.78 is 6.95. The largest absolute Gasteiger partial charge is 0.457 e. The van der Waals surface area contributed by atoms with Crippen LogP contribution < -0.4 is 11.1 Å². The monoisotopic (exact) mass is 393 g/mol. The van der Waals surface area contributed by atoms with Crippen molar-refractivity contribution in [3.63, 3.8) is 0 Å². The molecule has 2 aromatic carbocycles. The van der Waals surface area contributed by atoms with Crippen molar-refractivity contribution in [2.45, 2.75) is 6.54 Å². The Bertz CT molecular complexity index is 1100. The minimum Gasteiger partial charge on any atom is -0.457 e. The Hall–Kier alpha value is -3.03. The highest BCUT2D eigenvalue weighted by Gasteiger charge is 2.12. The fourth-order valence-corrected chi connectivity index (χ4v) is 3.68. The van der Waals surface area contributed by atoms with Crippen LogP contribution in [0.1, 0.15) is 21.7 Å². The number of carbonyl (C=O) groups is 1. The molecule has 7 heteroatoms. The van der Waals surface area contributed by atoms with Gasteiger partial charge in [0.2, 0.25) is 0 Å². The van der Waals surface area contributed by atoms with Gasteiger partial charge in [-0.05, 0) is 36.4 Å². The van der Waals surface area contributed by atoms with Crippen LogP contribution >= 0.6 is 23.6 Å². The molecular formula is C20H15N3O2S2. The van der Waals surface area contributed by atoms with Crippen LogP contribution in [0.15, 0.2) is 65.1 Å². The standard InChI is InChI=1S/C20H15N3O2S2/c21-18(26)12-5-7-13(8-6-12)19(24)22-11-14-9-10-16(25-14)20-23-15-3-1-2-4-17(15)27-20/h1-10H,11H2,(H2,21,26)(H,22,24). The van der Waals surface area contributed by atoms with Crippen LogP contribution in [-0.4, -0.2) is 15.9 Å². The summed E-state index contributed by atoms with van der Waals surface area (Å²) in [6, 6.07) is 18.5. The van der Waals surface area contributed by atoms with E-state index in [2.05, 4.69) is 10.3 Å². The van der Waals surface area contributed by atoms with E-state index in [0.717, 1.165) is 20.8 Å². The molecule has 3 N–H and O–H groups in total. The molecule has 1 amide bonds. The van der Waals surface area contributed by atoms with Crippen LogP contribution in [0.2, 0.25) is 0 Å². The zero-order chi connectivity index (χ0) is 18.8. The Morgan fingerprint density at radius 2 is 1.81 bits per heavy atom. The zero-order valence-electron chi connectivity index (χ0n) is 14.1. The van der Waals surface area contributed by atoms with Gasteiger partial charge >= 0.3 is 0 Å². The van der Waals surface area contributed by atoms with Crippen molar-refractivity contribution in [2.75, 3.05) is 0 Å². The molecule has 0 aliphatic heterocycles. The van der Waals surface area contributed by atoms with E-state index in [9.17, 15) is 4.79 Å². The average molecular weight is 393 g/mol. The molecule has 4 rings (SSSR count). The molecule has 2 heterocycles. The quantitative estimate of drug-likeness (QED) is 0.499. The molecule has 4 aromatic rings.